The van der Waals surface area contributed by atoms with Crippen LogP contribution in [0.15, 0.2) is 28.4 Å². The Hall–Kier alpha value is -1.76. The first-order chi connectivity index (χ1) is 13.0. The van der Waals surface area contributed by atoms with Crippen molar-refractivity contribution in [3.63, 3.8) is 0 Å². The first-order valence-electron chi connectivity index (χ1n) is 9.36. The first kappa shape index (κ1) is 18.6. The zero-order valence-electron chi connectivity index (χ0n) is 15.3. The van der Waals surface area contributed by atoms with Crippen molar-refractivity contribution in [3.05, 3.63) is 41.5 Å². The number of rotatable bonds is 3. The number of anilines is 1. The highest BCUT2D eigenvalue weighted by Gasteiger charge is 2.37. The Morgan fingerprint density at radius 1 is 0.963 bits per heavy atom. The van der Waals surface area contributed by atoms with E-state index in [0.717, 1.165) is 36.7 Å². The zero-order chi connectivity index (χ0) is 19.0. The second-order valence-corrected chi connectivity index (χ2v) is 8.67. The van der Waals surface area contributed by atoms with Crippen molar-refractivity contribution < 1.29 is 13.2 Å². The summed E-state index contributed by atoms with van der Waals surface area (Å²) in [5.74, 6) is -2.23. The molecule has 4 rings (SSSR count). The third-order valence-corrected chi connectivity index (χ3v) is 6.91. The predicted molar refractivity (Wildman–Crippen MR) is 99.6 cm³/mol. The van der Waals surface area contributed by atoms with Crippen LogP contribution in [-0.2, 0) is 0 Å². The fraction of sp³-hybridized carbons (Fsp3) is 0.500. The van der Waals surface area contributed by atoms with E-state index in [2.05, 4.69) is 14.9 Å². The molecule has 1 aromatic heterocycles. The summed E-state index contributed by atoms with van der Waals surface area (Å²) >= 11 is 0.758. The van der Waals surface area contributed by atoms with Gasteiger partial charge in [0.25, 0.3) is 0 Å². The third-order valence-electron chi connectivity index (χ3n) is 5.93. The molecule has 1 spiro atoms. The Balaban J connectivity index is 1.46. The summed E-state index contributed by atoms with van der Waals surface area (Å²) in [6, 6.07) is 0.858. The summed E-state index contributed by atoms with van der Waals surface area (Å²) in [6.07, 6.45) is 10.9. The molecule has 1 aliphatic heterocycles. The Morgan fingerprint density at radius 3 is 2.30 bits per heavy atom. The molecule has 0 amide bonds. The Kier molecular flexibility index (Phi) is 5.05. The van der Waals surface area contributed by atoms with Crippen LogP contribution in [0.25, 0.3) is 0 Å². The van der Waals surface area contributed by atoms with E-state index in [9.17, 15) is 13.2 Å². The Bertz CT molecular complexity index is 799. The van der Waals surface area contributed by atoms with Crippen molar-refractivity contribution >= 4 is 17.6 Å². The number of aryl methyl sites for hydroxylation is 1. The molecule has 2 aromatic rings. The van der Waals surface area contributed by atoms with Gasteiger partial charge in [-0.1, -0.05) is 24.6 Å². The number of benzene rings is 1. The fourth-order valence-corrected chi connectivity index (χ4v) is 5.11. The van der Waals surface area contributed by atoms with Crippen molar-refractivity contribution in [2.24, 2.45) is 5.41 Å². The number of piperidine rings is 1. The van der Waals surface area contributed by atoms with Gasteiger partial charge < -0.3 is 4.90 Å². The van der Waals surface area contributed by atoms with Crippen molar-refractivity contribution in [1.29, 1.82) is 0 Å². The van der Waals surface area contributed by atoms with Gasteiger partial charge in [-0.2, -0.15) is 0 Å². The highest BCUT2D eigenvalue weighted by atomic mass is 32.2. The maximum absolute atomic E-state index is 14.2. The van der Waals surface area contributed by atoms with Gasteiger partial charge in [0.05, 0.1) is 17.3 Å². The van der Waals surface area contributed by atoms with Crippen LogP contribution >= 0.6 is 11.8 Å². The average molecular weight is 393 g/mol. The molecule has 27 heavy (non-hydrogen) atoms. The lowest BCUT2D eigenvalue weighted by molar-refractivity contribution is 0.226. The van der Waals surface area contributed by atoms with Crippen LogP contribution in [0, 0.1) is 29.8 Å². The van der Waals surface area contributed by atoms with E-state index in [-0.39, 0.29) is 10.5 Å². The van der Waals surface area contributed by atoms with Crippen LogP contribution in [0.5, 0.6) is 0 Å². The zero-order valence-corrected chi connectivity index (χ0v) is 16.1. The molecule has 2 aliphatic rings. The topological polar surface area (TPSA) is 29.0 Å². The molecular weight excluding hydrogens is 371 g/mol. The molecule has 3 nitrogen and oxygen atoms in total. The van der Waals surface area contributed by atoms with E-state index in [1.54, 1.807) is 6.20 Å². The molecule has 0 atom stereocenters. The van der Waals surface area contributed by atoms with Crippen LogP contribution in [-0.4, -0.2) is 23.1 Å². The third kappa shape index (κ3) is 3.66. The molecule has 2 fully saturated rings. The normalized spacial score (nSPS) is 19.0. The quantitative estimate of drug-likeness (QED) is 0.643. The first-order valence-corrected chi connectivity index (χ1v) is 10.2. The summed E-state index contributed by atoms with van der Waals surface area (Å²) in [4.78, 5) is 10.5. The average Bonchev–Trinajstić information content (AvgIpc) is 3.13. The molecule has 7 heteroatoms. The van der Waals surface area contributed by atoms with E-state index in [1.165, 1.54) is 51.6 Å². The minimum atomic E-state index is -1.19. The van der Waals surface area contributed by atoms with E-state index in [1.807, 2.05) is 0 Å². The van der Waals surface area contributed by atoms with Gasteiger partial charge >= 0.3 is 0 Å². The summed E-state index contributed by atoms with van der Waals surface area (Å²) < 4.78 is 41.7. The molecule has 1 saturated heterocycles. The van der Waals surface area contributed by atoms with E-state index >= 15 is 0 Å². The predicted octanol–water partition coefficient (Wildman–Crippen LogP) is 5.51. The van der Waals surface area contributed by atoms with Crippen LogP contribution in [0.4, 0.5) is 19.0 Å². The van der Waals surface area contributed by atoms with Gasteiger partial charge in [0, 0.05) is 13.1 Å². The molecule has 1 aromatic carbocycles. The van der Waals surface area contributed by atoms with Crippen molar-refractivity contribution in [1.82, 2.24) is 9.97 Å². The minimum absolute atomic E-state index is 0.0649. The number of aromatic nitrogens is 2. The molecule has 0 N–H and O–H groups in total. The maximum atomic E-state index is 14.2. The molecule has 0 unspecified atom stereocenters. The minimum Gasteiger partial charge on any atom is -0.355 e. The molecule has 144 valence electrons. The largest absolute Gasteiger partial charge is 0.355 e. The highest BCUT2D eigenvalue weighted by Crippen LogP contribution is 2.46. The maximum Gasteiger partial charge on any atom is 0.175 e. The van der Waals surface area contributed by atoms with Gasteiger partial charge in [0.15, 0.2) is 11.6 Å². The fourth-order valence-electron chi connectivity index (χ4n) is 4.26. The molecule has 0 radical (unpaired) electrons. The summed E-state index contributed by atoms with van der Waals surface area (Å²) in [6.45, 7) is 3.34. The molecular formula is C20H22F3N3S. The van der Waals surface area contributed by atoms with Gasteiger partial charge in [-0.25, -0.2) is 23.1 Å². The number of hydrogen-bond acceptors (Lipinski definition) is 4. The Morgan fingerprint density at radius 2 is 1.67 bits per heavy atom. The van der Waals surface area contributed by atoms with Crippen LogP contribution in [0.3, 0.4) is 0 Å². The standard InChI is InChI=1S/C20H22F3N3S/c1-13-10-14(21)18(23)19(17(13)22)27-16-12-24-15(11-25-16)26-8-6-20(7-9-26)4-2-3-5-20/h10-12H,2-9H2,1H3. The number of nitrogens with zero attached hydrogens (tertiary/aromatic N) is 3. The lowest BCUT2D eigenvalue weighted by atomic mass is 9.77. The van der Waals surface area contributed by atoms with Crippen LogP contribution < -0.4 is 4.90 Å². The summed E-state index contributed by atoms with van der Waals surface area (Å²) in [5.41, 5.74) is 0.597. The second kappa shape index (κ2) is 7.34. The van der Waals surface area contributed by atoms with Crippen molar-refractivity contribution in [3.8, 4) is 0 Å². The van der Waals surface area contributed by atoms with Gasteiger partial charge in [-0.3, -0.25) is 0 Å². The SMILES string of the molecule is Cc1cc(F)c(F)c(Sc2cnc(N3CCC4(CCCC4)CC3)cn2)c1F. The van der Waals surface area contributed by atoms with E-state index < -0.39 is 17.5 Å². The van der Waals surface area contributed by atoms with Gasteiger partial charge in [-0.15, -0.1) is 0 Å². The van der Waals surface area contributed by atoms with Gasteiger partial charge in [0.2, 0.25) is 0 Å². The highest BCUT2D eigenvalue weighted by molar-refractivity contribution is 7.99. The second-order valence-electron chi connectivity index (χ2n) is 7.64. The van der Waals surface area contributed by atoms with Crippen molar-refractivity contribution in [2.45, 2.75) is 55.4 Å². The lowest BCUT2D eigenvalue weighted by Gasteiger charge is -2.39. The summed E-state index contributed by atoms with van der Waals surface area (Å²) in [7, 11) is 0. The molecule has 0 bridgehead atoms. The number of hydrogen-bond donors (Lipinski definition) is 0. The van der Waals surface area contributed by atoms with Gasteiger partial charge in [0.1, 0.15) is 16.7 Å². The van der Waals surface area contributed by atoms with E-state index in [4.69, 9.17) is 0 Å². The van der Waals surface area contributed by atoms with Gasteiger partial charge in [-0.05, 0) is 49.7 Å². The van der Waals surface area contributed by atoms with E-state index in [0.29, 0.717) is 10.4 Å². The monoisotopic (exact) mass is 393 g/mol. The van der Waals surface area contributed by atoms with Crippen molar-refractivity contribution in [2.75, 3.05) is 18.0 Å². The smallest absolute Gasteiger partial charge is 0.175 e. The molecule has 2 heterocycles. The van der Waals surface area contributed by atoms with Crippen LogP contribution in [0.2, 0.25) is 0 Å². The lowest BCUT2D eigenvalue weighted by Crippen LogP contribution is -2.39. The molecule has 1 saturated carbocycles. The summed E-state index contributed by atoms with van der Waals surface area (Å²) in [5, 5.41) is 0.339. The molecule has 1 aliphatic carbocycles. The Labute approximate surface area is 161 Å². The number of halogens is 3. The van der Waals surface area contributed by atoms with Crippen LogP contribution in [0.1, 0.15) is 44.1 Å².